The van der Waals surface area contributed by atoms with E-state index in [9.17, 15) is 4.79 Å². The van der Waals surface area contributed by atoms with Crippen LogP contribution < -0.4 is 5.32 Å². The van der Waals surface area contributed by atoms with Crippen molar-refractivity contribution in [3.8, 4) is 0 Å². The van der Waals surface area contributed by atoms with Crippen molar-refractivity contribution in [1.82, 2.24) is 10.2 Å². The van der Waals surface area contributed by atoms with Crippen molar-refractivity contribution >= 4 is 5.91 Å². The average molecular weight is 338 g/mol. The Hall–Kier alpha value is -2.13. The lowest BCUT2D eigenvalue weighted by Crippen LogP contribution is -2.48. The van der Waals surface area contributed by atoms with E-state index < -0.39 is 0 Å². The van der Waals surface area contributed by atoms with E-state index in [1.54, 1.807) is 0 Å². The van der Waals surface area contributed by atoms with Crippen molar-refractivity contribution in [3.63, 3.8) is 0 Å². The highest BCUT2D eigenvalue weighted by molar-refractivity contribution is 5.78. The fourth-order valence-corrected chi connectivity index (χ4v) is 2.91. The van der Waals surface area contributed by atoms with Gasteiger partial charge in [0.15, 0.2) is 0 Å². The first-order valence-electron chi connectivity index (χ1n) is 8.96. The van der Waals surface area contributed by atoms with Gasteiger partial charge in [-0.25, -0.2) is 0 Å². The van der Waals surface area contributed by atoms with Gasteiger partial charge in [0.1, 0.15) is 0 Å². The Kier molecular flexibility index (Phi) is 6.77. The molecule has 0 aromatic heterocycles. The van der Waals surface area contributed by atoms with Gasteiger partial charge in [-0.15, -0.1) is 0 Å². The van der Waals surface area contributed by atoms with E-state index in [0.29, 0.717) is 6.54 Å². The van der Waals surface area contributed by atoms with E-state index in [0.717, 1.165) is 13.0 Å². The van der Waals surface area contributed by atoms with Crippen molar-refractivity contribution in [2.24, 2.45) is 0 Å². The van der Waals surface area contributed by atoms with Crippen LogP contribution in [0.25, 0.3) is 0 Å². The summed E-state index contributed by atoms with van der Waals surface area (Å²) in [5, 5.41) is 3.07. The van der Waals surface area contributed by atoms with Gasteiger partial charge < -0.3 is 5.32 Å². The molecule has 134 valence electrons. The minimum Gasteiger partial charge on any atom is -0.350 e. The summed E-state index contributed by atoms with van der Waals surface area (Å²) in [6.07, 6.45) is 0.927. The van der Waals surface area contributed by atoms with Gasteiger partial charge in [-0.1, -0.05) is 60.7 Å². The second kappa shape index (κ2) is 8.82. The molecular formula is C22H30N2O. The standard InChI is InChI=1S/C22H30N2O/c1-18(15-19-11-7-5-8-12-19)24(16-20-13-9-6-10-14-20)17-21(25)23-22(2,3)4/h5-14,18H,15-17H2,1-4H3,(H,23,25)/t18-/m1/s1. The van der Waals surface area contributed by atoms with Crippen LogP contribution in [0.15, 0.2) is 60.7 Å². The first kappa shape index (κ1) is 19.2. The number of carbonyl (C=O) groups excluding carboxylic acids is 1. The molecule has 1 amide bonds. The lowest BCUT2D eigenvalue weighted by Gasteiger charge is -2.30. The summed E-state index contributed by atoms with van der Waals surface area (Å²) in [4.78, 5) is 14.7. The van der Waals surface area contributed by atoms with Crippen molar-refractivity contribution < 1.29 is 4.79 Å². The van der Waals surface area contributed by atoms with Gasteiger partial charge in [-0.2, -0.15) is 0 Å². The predicted octanol–water partition coefficient (Wildman–Crippen LogP) is 4.03. The molecule has 0 fully saturated rings. The summed E-state index contributed by atoms with van der Waals surface area (Å²) in [5.41, 5.74) is 2.31. The lowest BCUT2D eigenvalue weighted by atomic mass is 10.0. The number of rotatable bonds is 7. The van der Waals surface area contributed by atoms with Crippen molar-refractivity contribution in [2.75, 3.05) is 6.54 Å². The number of hydrogen-bond donors (Lipinski definition) is 1. The first-order valence-corrected chi connectivity index (χ1v) is 8.96. The molecule has 3 nitrogen and oxygen atoms in total. The molecule has 0 aliphatic heterocycles. The van der Waals surface area contributed by atoms with Crippen LogP contribution in [-0.4, -0.2) is 28.9 Å². The summed E-state index contributed by atoms with van der Waals surface area (Å²) in [5.74, 6) is 0.0725. The van der Waals surface area contributed by atoms with Crippen LogP contribution in [-0.2, 0) is 17.8 Å². The average Bonchev–Trinajstić information content (AvgIpc) is 2.54. The fraction of sp³-hybridized carbons (Fsp3) is 0.409. The second-order valence-electron chi connectivity index (χ2n) is 7.73. The number of nitrogens with one attached hydrogen (secondary N) is 1. The zero-order valence-electron chi connectivity index (χ0n) is 15.8. The quantitative estimate of drug-likeness (QED) is 0.826. The van der Waals surface area contributed by atoms with Crippen LogP contribution in [0.5, 0.6) is 0 Å². The van der Waals surface area contributed by atoms with E-state index in [1.165, 1.54) is 11.1 Å². The molecule has 25 heavy (non-hydrogen) atoms. The third-order valence-corrected chi connectivity index (χ3v) is 4.09. The summed E-state index contributed by atoms with van der Waals surface area (Å²) >= 11 is 0. The number of benzene rings is 2. The van der Waals surface area contributed by atoms with Crippen LogP contribution in [0.4, 0.5) is 0 Å². The molecule has 1 atom stereocenters. The Labute approximate surface area is 152 Å². The van der Waals surface area contributed by atoms with Crippen molar-refractivity contribution in [1.29, 1.82) is 0 Å². The van der Waals surface area contributed by atoms with Gasteiger partial charge in [0.05, 0.1) is 6.54 Å². The molecule has 0 bridgehead atoms. The molecule has 2 rings (SSSR count). The normalized spacial score (nSPS) is 12.8. The summed E-state index contributed by atoms with van der Waals surface area (Å²) in [6.45, 7) is 9.41. The molecular weight excluding hydrogens is 308 g/mol. The third kappa shape index (κ3) is 7.10. The molecule has 0 saturated carbocycles. The maximum Gasteiger partial charge on any atom is 0.234 e. The Bertz CT molecular complexity index is 647. The molecule has 0 radical (unpaired) electrons. The maximum atomic E-state index is 12.5. The molecule has 2 aromatic rings. The smallest absolute Gasteiger partial charge is 0.234 e. The van der Waals surface area contributed by atoms with Gasteiger partial charge in [0.2, 0.25) is 5.91 Å². The SMILES string of the molecule is C[C@H](Cc1ccccc1)N(CC(=O)NC(C)(C)C)Cc1ccccc1. The number of hydrogen-bond acceptors (Lipinski definition) is 2. The highest BCUT2D eigenvalue weighted by Crippen LogP contribution is 2.13. The van der Waals surface area contributed by atoms with E-state index in [4.69, 9.17) is 0 Å². The summed E-state index contributed by atoms with van der Waals surface area (Å²) in [7, 11) is 0. The van der Waals surface area contributed by atoms with Crippen LogP contribution >= 0.6 is 0 Å². The van der Waals surface area contributed by atoms with Crippen molar-refractivity contribution in [3.05, 3.63) is 71.8 Å². The molecule has 1 N–H and O–H groups in total. The highest BCUT2D eigenvalue weighted by Gasteiger charge is 2.21. The highest BCUT2D eigenvalue weighted by atomic mass is 16.2. The monoisotopic (exact) mass is 338 g/mol. The zero-order valence-corrected chi connectivity index (χ0v) is 15.8. The Balaban J connectivity index is 2.09. The van der Waals surface area contributed by atoms with Gasteiger partial charge >= 0.3 is 0 Å². The minimum absolute atomic E-state index is 0.0725. The zero-order chi connectivity index (χ0) is 18.3. The lowest BCUT2D eigenvalue weighted by molar-refractivity contribution is -0.124. The van der Waals surface area contributed by atoms with Crippen LogP contribution in [0.2, 0.25) is 0 Å². The van der Waals surface area contributed by atoms with Crippen LogP contribution in [0.3, 0.4) is 0 Å². The number of nitrogens with zero attached hydrogens (tertiary/aromatic N) is 1. The predicted molar refractivity (Wildman–Crippen MR) is 104 cm³/mol. The molecule has 0 aliphatic carbocycles. The molecule has 0 unspecified atom stereocenters. The molecule has 0 saturated heterocycles. The molecule has 0 aliphatic rings. The van der Waals surface area contributed by atoms with Crippen LogP contribution in [0.1, 0.15) is 38.8 Å². The Morgan fingerprint density at radius 3 is 2.00 bits per heavy atom. The van der Waals surface area contributed by atoms with Crippen molar-refractivity contribution in [2.45, 2.75) is 52.2 Å². The summed E-state index contributed by atoms with van der Waals surface area (Å²) < 4.78 is 0. The summed E-state index contributed by atoms with van der Waals surface area (Å²) in [6, 6.07) is 21.1. The van der Waals surface area contributed by atoms with Gasteiger partial charge in [-0.05, 0) is 45.2 Å². The molecule has 2 aromatic carbocycles. The van der Waals surface area contributed by atoms with E-state index in [2.05, 4.69) is 53.5 Å². The largest absolute Gasteiger partial charge is 0.350 e. The van der Waals surface area contributed by atoms with E-state index in [1.807, 2.05) is 45.0 Å². The topological polar surface area (TPSA) is 32.3 Å². The second-order valence-corrected chi connectivity index (χ2v) is 7.73. The molecule has 0 spiro atoms. The molecule has 3 heteroatoms. The van der Waals surface area contributed by atoms with E-state index >= 15 is 0 Å². The Morgan fingerprint density at radius 1 is 0.960 bits per heavy atom. The fourth-order valence-electron chi connectivity index (χ4n) is 2.91. The van der Waals surface area contributed by atoms with E-state index in [-0.39, 0.29) is 17.5 Å². The van der Waals surface area contributed by atoms with Crippen LogP contribution in [0, 0.1) is 0 Å². The van der Waals surface area contributed by atoms with Gasteiger partial charge in [0, 0.05) is 18.1 Å². The van der Waals surface area contributed by atoms with Gasteiger partial charge in [0.25, 0.3) is 0 Å². The van der Waals surface area contributed by atoms with Gasteiger partial charge in [-0.3, -0.25) is 9.69 Å². The maximum absolute atomic E-state index is 12.5. The minimum atomic E-state index is -0.210. The third-order valence-electron chi connectivity index (χ3n) is 4.09. The first-order chi connectivity index (χ1) is 11.8. The molecule has 0 heterocycles. The number of amides is 1. The number of carbonyl (C=O) groups is 1. The Morgan fingerprint density at radius 2 is 1.48 bits per heavy atom.